The Bertz CT molecular complexity index is 970. The number of benzene rings is 1. The quantitative estimate of drug-likeness (QED) is 0.649. The molecule has 5 nitrogen and oxygen atoms in total. The first kappa shape index (κ1) is 18.7. The van der Waals surface area contributed by atoms with Crippen LogP contribution in [0.5, 0.6) is 0 Å². The molecule has 1 aliphatic rings. The molecule has 0 fully saturated rings. The van der Waals surface area contributed by atoms with Gasteiger partial charge in [0.05, 0.1) is 5.69 Å². The molecule has 0 bridgehead atoms. The summed E-state index contributed by atoms with van der Waals surface area (Å²) in [5.74, 6) is 0.659. The lowest BCUT2D eigenvalue weighted by molar-refractivity contribution is 0.0665. The van der Waals surface area contributed by atoms with E-state index in [9.17, 15) is 4.79 Å². The maximum absolute atomic E-state index is 13.5. The zero-order valence-corrected chi connectivity index (χ0v) is 17.1. The number of aryl methyl sites for hydroxylation is 2. The van der Waals surface area contributed by atoms with Crippen LogP contribution in [-0.4, -0.2) is 38.3 Å². The first-order chi connectivity index (χ1) is 13.7. The van der Waals surface area contributed by atoms with Gasteiger partial charge >= 0.3 is 0 Å². The number of hydrogen-bond acceptors (Lipinski definition) is 5. The van der Waals surface area contributed by atoms with Gasteiger partial charge in [-0.05, 0) is 49.8 Å². The van der Waals surface area contributed by atoms with E-state index in [1.165, 1.54) is 22.5 Å². The van der Waals surface area contributed by atoms with Crippen molar-refractivity contribution in [2.75, 3.05) is 6.54 Å². The highest BCUT2D eigenvalue weighted by molar-refractivity contribution is 7.17. The summed E-state index contributed by atoms with van der Waals surface area (Å²) in [5, 5.41) is 0.701. The summed E-state index contributed by atoms with van der Waals surface area (Å²) < 4.78 is 0. The Morgan fingerprint density at radius 3 is 2.68 bits per heavy atom. The van der Waals surface area contributed by atoms with Crippen LogP contribution in [0.2, 0.25) is 0 Å². The number of amides is 1. The molecule has 2 heterocycles. The van der Waals surface area contributed by atoms with Crippen molar-refractivity contribution in [2.24, 2.45) is 0 Å². The summed E-state index contributed by atoms with van der Waals surface area (Å²) in [6.07, 6.45) is 7.30. The molecule has 1 unspecified atom stereocenters. The fourth-order valence-electron chi connectivity index (χ4n) is 3.87. The molecule has 4 rings (SSSR count). The van der Waals surface area contributed by atoms with E-state index in [4.69, 9.17) is 0 Å². The molecular weight excluding hydrogens is 368 g/mol. The van der Waals surface area contributed by atoms with Crippen LogP contribution in [-0.2, 0) is 12.8 Å². The molecule has 1 aliphatic carbocycles. The third kappa shape index (κ3) is 3.69. The molecule has 0 saturated carbocycles. The van der Waals surface area contributed by atoms with E-state index in [0.717, 1.165) is 37.9 Å². The Morgan fingerprint density at radius 2 is 1.93 bits per heavy atom. The monoisotopic (exact) mass is 392 g/mol. The molecule has 0 saturated heterocycles. The third-order valence-corrected chi connectivity index (χ3v) is 6.38. The second-order valence-corrected chi connectivity index (χ2v) is 8.17. The lowest BCUT2D eigenvalue weighted by Gasteiger charge is -2.35. The molecule has 0 aliphatic heterocycles. The van der Waals surface area contributed by atoms with E-state index in [1.807, 2.05) is 6.92 Å². The predicted molar refractivity (Wildman–Crippen MR) is 111 cm³/mol. The fourth-order valence-corrected chi connectivity index (χ4v) is 4.84. The van der Waals surface area contributed by atoms with E-state index in [-0.39, 0.29) is 11.9 Å². The molecule has 2 aromatic heterocycles. The molecule has 6 heteroatoms. The minimum absolute atomic E-state index is 0.0865. The van der Waals surface area contributed by atoms with Crippen molar-refractivity contribution in [3.8, 4) is 10.8 Å². The Hall–Kier alpha value is -2.60. The van der Waals surface area contributed by atoms with Crippen molar-refractivity contribution in [1.82, 2.24) is 19.9 Å². The number of fused-ring (bicyclic) bond motifs is 1. The Morgan fingerprint density at radius 1 is 1.18 bits per heavy atom. The van der Waals surface area contributed by atoms with Crippen LogP contribution in [0.25, 0.3) is 10.8 Å². The van der Waals surface area contributed by atoms with E-state index in [1.54, 1.807) is 18.5 Å². The molecule has 3 aromatic rings. The van der Waals surface area contributed by atoms with Gasteiger partial charge in [-0.25, -0.2) is 15.0 Å². The summed E-state index contributed by atoms with van der Waals surface area (Å²) in [6, 6.07) is 10.6. The van der Waals surface area contributed by atoms with Crippen molar-refractivity contribution in [1.29, 1.82) is 0 Å². The number of carbonyl (C=O) groups excluding carboxylic acids is 1. The standard InChI is InChI=1S/C22H24N4OS/c1-3-13-26(18-10-9-16-7-4-5-8-17(16)14-18)22(27)19-15(2)25-21(28-19)20-23-11-6-12-24-20/h4-8,11-12,18H,3,9-10,13-14H2,1-2H3. The van der Waals surface area contributed by atoms with Crippen LogP contribution in [0.1, 0.15) is 46.3 Å². The van der Waals surface area contributed by atoms with Gasteiger partial charge in [0.25, 0.3) is 5.91 Å². The molecule has 1 aromatic carbocycles. The van der Waals surface area contributed by atoms with Crippen molar-refractivity contribution in [3.63, 3.8) is 0 Å². The van der Waals surface area contributed by atoms with E-state index < -0.39 is 0 Å². The lowest BCUT2D eigenvalue weighted by Crippen LogP contribution is -2.43. The zero-order valence-electron chi connectivity index (χ0n) is 16.3. The van der Waals surface area contributed by atoms with Crippen LogP contribution in [0.15, 0.2) is 42.7 Å². The highest BCUT2D eigenvalue weighted by Gasteiger charge is 2.30. The van der Waals surface area contributed by atoms with Gasteiger partial charge in [-0.2, -0.15) is 0 Å². The van der Waals surface area contributed by atoms with Gasteiger partial charge in [0.2, 0.25) is 0 Å². The SMILES string of the molecule is CCCN(C(=O)c1sc(-c2ncccn2)nc1C)C1CCc2ccccc2C1. The van der Waals surface area contributed by atoms with Gasteiger partial charge in [-0.3, -0.25) is 4.79 Å². The molecule has 1 amide bonds. The summed E-state index contributed by atoms with van der Waals surface area (Å²) in [5.41, 5.74) is 3.54. The Labute approximate surface area is 169 Å². The number of rotatable bonds is 5. The zero-order chi connectivity index (χ0) is 19.5. The number of aromatic nitrogens is 3. The molecular formula is C22H24N4OS. The second kappa shape index (κ2) is 8.19. The van der Waals surface area contributed by atoms with E-state index >= 15 is 0 Å². The first-order valence-electron chi connectivity index (χ1n) is 9.80. The van der Waals surface area contributed by atoms with Crippen molar-refractivity contribution in [2.45, 2.75) is 45.6 Å². The van der Waals surface area contributed by atoms with Crippen LogP contribution in [0, 0.1) is 6.92 Å². The van der Waals surface area contributed by atoms with Crippen molar-refractivity contribution < 1.29 is 4.79 Å². The third-order valence-electron chi connectivity index (χ3n) is 5.23. The fraction of sp³-hybridized carbons (Fsp3) is 0.364. The predicted octanol–water partition coefficient (Wildman–Crippen LogP) is 4.32. The number of hydrogen-bond donors (Lipinski definition) is 0. The van der Waals surface area contributed by atoms with E-state index in [2.05, 4.69) is 51.0 Å². The Kier molecular flexibility index (Phi) is 5.48. The largest absolute Gasteiger partial charge is 0.335 e. The molecule has 0 radical (unpaired) electrons. The maximum Gasteiger partial charge on any atom is 0.266 e. The summed E-state index contributed by atoms with van der Waals surface area (Å²) in [7, 11) is 0. The number of nitrogens with zero attached hydrogens (tertiary/aromatic N) is 4. The molecule has 28 heavy (non-hydrogen) atoms. The minimum Gasteiger partial charge on any atom is -0.335 e. The molecule has 1 atom stereocenters. The second-order valence-electron chi connectivity index (χ2n) is 7.17. The van der Waals surface area contributed by atoms with Crippen molar-refractivity contribution in [3.05, 3.63) is 64.4 Å². The average molecular weight is 393 g/mol. The molecule has 144 valence electrons. The van der Waals surface area contributed by atoms with Gasteiger partial charge in [-0.1, -0.05) is 31.2 Å². The number of carbonyl (C=O) groups is 1. The van der Waals surface area contributed by atoms with Crippen molar-refractivity contribution >= 4 is 17.2 Å². The molecule has 0 spiro atoms. The average Bonchev–Trinajstić information content (AvgIpc) is 3.13. The minimum atomic E-state index is 0.0865. The van der Waals surface area contributed by atoms with E-state index in [0.29, 0.717) is 15.7 Å². The van der Waals surface area contributed by atoms with Gasteiger partial charge in [0, 0.05) is 25.0 Å². The lowest BCUT2D eigenvalue weighted by atomic mass is 9.87. The number of thiazole rings is 1. The summed E-state index contributed by atoms with van der Waals surface area (Å²) in [6.45, 7) is 4.79. The molecule has 0 N–H and O–H groups in total. The summed E-state index contributed by atoms with van der Waals surface area (Å²) in [4.78, 5) is 29.3. The topological polar surface area (TPSA) is 59.0 Å². The van der Waals surface area contributed by atoms with Crippen LogP contribution in [0.4, 0.5) is 0 Å². The van der Waals surface area contributed by atoms with Gasteiger partial charge in [0.15, 0.2) is 10.8 Å². The summed E-state index contributed by atoms with van der Waals surface area (Å²) >= 11 is 1.40. The first-order valence-corrected chi connectivity index (χ1v) is 10.6. The smallest absolute Gasteiger partial charge is 0.266 e. The Balaban J connectivity index is 1.61. The normalized spacial score (nSPS) is 15.9. The van der Waals surface area contributed by atoms with Crippen LogP contribution < -0.4 is 0 Å². The van der Waals surface area contributed by atoms with Gasteiger partial charge in [0.1, 0.15) is 4.88 Å². The van der Waals surface area contributed by atoms with Crippen LogP contribution in [0.3, 0.4) is 0 Å². The van der Waals surface area contributed by atoms with Gasteiger partial charge in [-0.15, -0.1) is 11.3 Å². The highest BCUT2D eigenvalue weighted by Crippen LogP contribution is 2.30. The van der Waals surface area contributed by atoms with Crippen LogP contribution >= 0.6 is 11.3 Å². The highest BCUT2D eigenvalue weighted by atomic mass is 32.1. The maximum atomic E-state index is 13.5. The van der Waals surface area contributed by atoms with Gasteiger partial charge < -0.3 is 4.90 Å².